The number of hydrogen-bond acceptors (Lipinski definition) is 2. The summed E-state index contributed by atoms with van der Waals surface area (Å²) in [5, 5.41) is 5.78. The molecule has 4 nitrogen and oxygen atoms in total. The fourth-order valence-corrected chi connectivity index (χ4v) is 2.12. The van der Waals surface area contributed by atoms with E-state index in [9.17, 15) is 18.0 Å². The molecule has 1 aromatic carbocycles. The fraction of sp³-hybridized carbons (Fsp3) is 0.231. The lowest BCUT2D eigenvalue weighted by atomic mass is 10.2. The number of nitrogens with one attached hydrogen (secondary N) is 1. The molecule has 1 amide bonds. The van der Waals surface area contributed by atoms with Crippen molar-refractivity contribution in [1.82, 2.24) is 15.1 Å². The Morgan fingerprint density at radius 1 is 1.27 bits per heavy atom. The second kappa shape index (κ2) is 6.18. The summed E-state index contributed by atoms with van der Waals surface area (Å²) in [6, 6.07) is 6.53. The Morgan fingerprint density at radius 2 is 1.86 bits per heavy atom. The topological polar surface area (TPSA) is 46.9 Å². The van der Waals surface area contributed by atoms with E-state index in [0.29, 0.717) is 10.6 Å². The number of rotatable bonds is 3. The molecule has 0 atom stereocenters. The number of aromatic nitrogens is 2. The number of hydrogen-bond donors (Lipinski definition) is 1. The minimum absolute atomic E-state index is 0.0402. The van der Waals surface area contributed by atoms with Crippen LogP contribution in [0.4, 0.5) is 13.2 Å². The van der Waals surface area contributed by atoms with E-state index in [4.69, 9.17) is 23.2 Å². The molecule has 1 heterocycles. The van der Waals surface area contributed by atoms with Crippen LogP contribution < -0.4 is 5.32 Å². The third kappa shape index (κ3) is 3.53. The van der Waals surface area contributed by atoms with Gasteiger partial charge in [0.05, 0.1) is 0 Å². The third-order valence-electron chi connectivity index (χ3n) is 2.84. The highest BCUT2D eigenvalue weighted by Gasteiger charge is 2.40. The van der Waals surface area contributed by atoms with Crippen molar-refractivity contribution in [2.24, 2.45) is 7.05 Å². The van der Waals surface area contributed by atoms with Gasteiger partial charge in [-0.1, -0.05) is 35.3 Å². The van der Waals surface area contributed by atoms with E-state index in [1.54, 1.807) is 24.3 Å². The number of carbonyl (C=O) groups excluding carboxylic acids is 1. The van der Waals surface area contributed by atoms with Crippen molar-refractivity contribution in [2.45, 2.75) is 12.7 Å². The zero-order valence-electron chi connectivity index (χ0n) is 11.2. The van der Waals surface area contributed by atoms with Gasteiger partial charge in [0.1, 0.15) is 10.7 Å². The molecule has 2 rings (SSSR count). The number of aryl methyl sites for hydroxylation is 1. The quantitative estimate of drug-likeness (QED) is 0.916. The van der Waals surface area contributed by atoms with Gasteiger partial charge < -0.3 is 5.32 Å². The molecule has 0 bridgehead atoms. The average Bonchev–Trinajstić information content (AvgIpc) is 2.74. The Hall–Kier alpha value is -1.73. The Bertz CT molecular complexity index is 696. The highest BCUT2D eigenvalue weighted by Crippen LogP contribution is 2.34. The van der Waals surface area contributed by atoms with Crippen molar-refractivity contribution in [3.63, 3.8) is 0 Å². The molecule has 0 aliphatic heterocycles. The smallest absolute Gasteiger partial charge is 0.348 e. The number of benzene rings is 1. The third-order valence-corrected chi connectivity index (χ3v) is 3.52. The number of nitrogens with zero attached hydrogens (tertiary/aromatic N) is 2. The van der Waals surface area contributed by atoms with Crippen LogP contribution in [0.3, 0.4) is 0 Å². The first-order valence-electron chi connectivity index (χ1n) is 6.02. The predicted octanol–water partition coefficient (Wildman–Crippen LogP) is 3.68. The highest BCUT2D eigenvalue weighted by atomic mass is 35.5. The maximum absolute atomic E-state index is 12.9. The van der Waals surface area contributed by atoms with Gasteiger partial charge in [0.15, 0.2) is 5.69 Å². The molecule has 0 aliphatic carbocycles. The molecule has 118 valence electrons. The monoisotopic (exact) mass is 351 g/mol. The molecule has 0 aliphatic rings. The highest BCUT2D eigenvalue weighted by molar-refractivity contribution is 6.33. The van der Waals surface area contributed by atoms with Gasteiger partial charge in [0.2, 0.25) is 0 Å². The number of carbonyl (C=O) groups is 1. The van der Waals surface area contributed by atoms with Gasteiger partial charge in [-0.3, -0.25) is 9.48 Å². The molecule has 0 fully saturated rings. The van der Waals surface area contributed by atoms with Gasteiger partial charge >= 0.3 is 6.18 Å². The standard InChI is InChI=1S/C13H10Cl2F3N3O/c1-21-11(15)9(10(20-21)13(16,17)18)12(22)19-6-7-2-4-8(14)5-3-7/h2-5H,6H2,1H3,(H,19,22). The molecule has 0 radical (unpaired) electrons. The minimum Gasteiger partial charge on any atom is -0.348 e. The molecule has 2 aromatic rings. The van der Waals surface area contributed by atoms with Crippen LogP contribution in [0.25, 0.3) is 0 Å². The number of amides is 1. The zero-order valence-corrected chi connectivity index (χ0v) is 12.7. The predicted molar refractivity (Wildman–Crippen MR) is 75.8 cm³/mol. The molecule has 22 heavy (non-hydrogen) atoms. The van der Waals surface area contributed by atoms with Crippen LogP contribution in [-0.2, 0) is 19.8 Å². The maximum Gasteiger partial charge on any atom is 0.436 e. The summed E-state index contributed by atoms with van der Waals surface area (Å²) in [5.74, 6) is -0.944. The first-order chi connectivity index (χ1) is 10.2. The van der Waals surface area contributed by atoms with E-state index >= 15 is 0 Å². The molecule has 9 heteroatoms. The number of alkyl halides is 3. The Balaban J connectivity index is 2.21. The molecule has 0 saturated carbocycles. The van der Waals surface area contributed by atoms with Gasteiger partial charge in [0, 0.05) is 18.6 Å². The average molecular weight is 352 g/mol. The summed E-state index contributed by atoms with van der Waals surface area (Å²) in [5.41, 5.74) is -1.31. The lowest BCUT2D eigenvalue weighted by Gasteiger charge is -2.08. The van der Waals surface area contributed by atoms with Crippen molar-refractivity contribution >= 4 is 29.1 Å². The van der Waals surface area contributed by atoms with Crippen molar-refractivity contribution in [2.75, 3.05) is 0 Å². The van der Waals surface area contributed by atoms with Gasteiger partial charge in [0.25, 0.3) is 5.91 Å². The summed E-state index contributed by atoms with van der Waals surface area (Å²) in [6.07, 6.45) is -4.77. The van der Waals surface area contributed by atoms with Crippen LogP contribution in [0.15, 0.2) is 24.3 Å². The SMILES string of the molecule is Cn1nc(C(F)(F)F)c(C(=O)NCc2ccc(Cl)cc2)c1Cl. The lowest BCUT2D eigenvalue weighted by Crippen LogP contribution is -2.25. The summed E-state index contributed by atoms with van der Waals surface area (Å²) in [6.45, 7) is 0.0402. The van der Waals surface area contributed by atoms with Crippen molar-refractivity contribution in [1.29, 1.82) is 0 Å². The van der Waals surface area contributed by atoms with Crippen LogP contribution >= 0.6 is 23.2 Å². The Labute approximate surface area is 133 Å². The fourth-order valence-electron chi connectivity index (χ4n) is 1.78. The van der Waals surface area contributed by atoms with E-state index in [1.165, 1.54) is 7.05 Å². The van der Waals surface area contributed by atoms with Crippen LogP contribution in [0.2, 0.25) is 10.2 Å². The molecule has 1 N–H and O–H groups in total. The van der Waals surface area contributed by atoms with Crippen molar-refractivity contribution in [3.8, 4) is 0 Å². The lowest BCUT2D eigenvalue weighted by molar-refractivity contribution is -0.141. The number of halogens is 5. The summed E-state index contributed by atoms with van der Waals surface area (Å²) in [4.78, 5) is 12.0. The van der Waals surface area contributed by atoms with Crippen molar-refractivity contribution < 1.29 is 18.0 Å². The molecular formula is C13H10Cl2F3N3O. The largest absolute Gasteiger partial charge is 0.436 e. The first kappa shape index (κ1) is 16.6. The zero-order chi connectivity index (χ0) is 16.5. The van der Waals surface area contributed by atoms with Gasteiger partial charge in [-0.15, -0.1) is 0 Å². The van der Waals surface area contributed by atoms with E-state index in [1.807, 2.05) is 0 Å². The van der Waals surface area contributed by atoms with Crippen LogP contribution in [0, 0.1) is 0 Å². The van der Waals surface area contributed by atoms with Crippen LogP contribution in [0.1, 0.15) is 21.6 Å². The summed E-state index contributed by atoms with van der Waals surface area (Å²) < 4.78 is 39.4. The molecule has 0 saturated heterocycles. The van der Waals surface area contributed by atoms with Crippen LogP contribution in [0.5, 0.6) is 0 Å². The van der Waals surface area contributed by atoms with Crippen LogP contribution in [-0.4, -0.2) is 15.7 Å². The van der Waals surface area contributed by atoms with Crippen molar-refractivity contribution in [3.05, 3.63) is 51.3 Å². The van der Waals surface area contributed by atoms with E-state index in [-0.39, 0.29) is 11.7 Å². The van der Waals surface area contributed by atoms with E-state index in [0.717, 1.165) is 4.68 Å². The molecule has 0 unspecified atom stereocenters. The van der Waals surface area contributed by atoms with E-state index in [2.05, 4.69) is 10.4 Å². The van der Waals surface area contributed by atoms with Gasteiger partial charge in [-0.2, -0.15) is 18.3 Å². The summed E-state index contributed by atoms with van der Waals surface area (Å²) >= 11 is 11.5. The molecular weight excluding hydrogens is 342 g/mol. The second-order valence-corrected chi connectivity index (χ2v) is 5.24. The van der Waals surface area contributed by atoms with Gasteiger partial charge in [-0.25, -0.2) is 0 Å². The Morgan fingerprint density at radius 3 is 2.41 bits per heavy atom. The first-order valence-corrected chi connectivity index (χ1v) is 6.78. The second-order valence-electron chi connectivity index (χ2n) is 4.44. The molecule has 1 aromatic heterocycles. The Kier molecular flexibility index (Phi) is 4.67. The normalized spacial score (nSPS) is 11.5. The minimum atomic E-state index is -4.77. The van der Waals surface area contributed by atoms with E-state index < -0.39 is 23.3 Å². The maximum atomic E-state index is 12.9. The summed E-state index contributed by atoms with van der Waals surface area (Å²) in [7, 11) is 1.23. The van der Waals surface area contributed by atoms with Gasteiger partial charge in [-0.05, 0) is 17.7 Å². The molecule has 0 spiro atoms.